The SMILES string of the molecule is O=C(O)c1csc(CNc2cc(F)c(F)c(F)c2)c1. The second kappa shape index (κ2) is 5.31. The summed E-state index contributed by atoms with van der Waals surface area (Å²) in [5, 5.41) is 12.9. The van der Waals surface area contributed by atoms with Crippen LogP contribution in [0.5, 0.6) is 0 Å². The molecule has 1 aromatic carbocycles. The second-order valence-electron chi connectivity index (χ2n) is 3.71. The maximum atomic E-state index is 12.9. The van der Waals surface area contributed by atoms with Crippen LogP contribution in [0.25, 0.3) is 0 Å². The van der Waals surface area contributed by atoms with E-state index in [1.807, 2.05) is 0 Å². The average molecular weight is 287 g/mol. The molecule has 100 valence electrons. The van der Waals surface area contributed by atoms with Crippen molar-refractivity contribution in [2.75, 3.05) is 5.32 Å². The highest BCUT2D eigenvalue weighted by atomic mass is 32.1. The van der Waals surface area contributed by atoms with Gasteiger partial charge < -0.3 is 10.4 Å². The number of nitrogens with one attached hydrogen (secondary N) is 1. The zero-order valence-corrected chi connectivity index (χ0v) is 10.2. The maximum absolute atomic E-state index is 12.9. The first kappa shape index (κ1) is 13.4. The molecule has 7 heteroatoms. The highest BCUT2D eigenvalue weighted by molar-refractivity contribution is 7.10. The van der Waals surface area contributed by atoms with Gasteiger partial charge in [0.25, 0.3) is 0 Å². The number of aromatic carboxylic acids is 1. The molecule has 0 unspecified atom stereocenters. The molecule has 0 amide bonds. The van der Waals surface area contributed by atoms with Crippen molar-refractivity contribution in [2.24, 2.45) is 0 Å². The monoisotopic (exact) mass is 287 g/mol. The zero-order chi connectivity index (χ0) is 14.0. The average Bonchev–Trinajstić information content (AvgIpc) is 2.82. The molecule has 0 aliphatic heterocycles. The molecule has 1 heterocycles. The van der Waals surface area contributed by atoms with Crippen LogP contribution in [0.1, 0.15) is 15.2 Å². The molecule has 3 nitrogen and oxygen atoms in total. The summed E-state index contributed by atoms with van der Waals surface area (Å²) in [7, 11) is 0. The summed E-state index contributed by atoms with van der Waals surface area (Å²) in [5.74, 6) is -5.11. The Balaban J connectivity index is 2.08. The van der Waals surface area contributed by atoms with E-state index in [9.17, 15) is 18.0 Å². The van der Waals surface area contributed by atoms with Gasteiger partial charge in [-0.1, -0.05) is 0 Å². The maximum Gasteiger partial charge on any atom is 0.336 e. The smallest absolute Gasteiger partial charge is 0.336 e. The van der Waals surface area contributed by atoms with Crippen LogP contribution >= 0.6 is 11.3 Å². The van der Waals surface area contributed by atoms with Crippen LogP contribution < -0.4 is 5.32 Å². The normalized spacial score (nSPS) is 10.5. The van der Waals surface area contributed by atoms with Gasteiger partial charge in [-0.15, -0.1) is 11.3 Å². The van der Waals surface area contributed by atoms with Crippen molar-refractivity contribution in [3.05, 3.63) is 51.5 Å². The lowest BCUT2D eigenvalue weighted by Gasteiger charge is -2.05. The molecule has 0 fully saturated rings. The van der Waals surface area contributed by atoms with Crippen molar-refractivity contribution in [2.45, 2.75) is 6.54 Å². The number of halogens is 3. The van der Waals surface area contributed by atoms with Crippen LogP contribution in [0.15, 0.2) is 23.6 Å². The second-order valence-corrected chi connectivity index (χ2v) is 4.71. The molecule has 2 aromatic rings. The van der Waals surface area contributed by atoms with Gasteiger partial charge in [0.1, 0.15) is 0 Å². The van der Waals surface area contributed by atoms with Crippen LogP contribution in [-0.4, -0.2) is 11.1 Å². The molecular formula is C12H8F3NO2S. The third kappa shape index (κ3) is 3.05. The van der Waals surface area contributed by atoms with Crippen molar-refractivity contribution in [1.29, 1.82) is 0 Å². The molecule has 0 saturated carbocycles. The van der Waals surface area contributed by atoms with Crippen molar-refractivity contribution >= 4 is 23.0 Å². The first-order chi connectivity index (χ1) is 8.97. The predicted molar refractivity (Wildman–Crippen MR) is 64.9 cm³/mol. The molecule has 2 N–H and O–H groups in total. The van der Waals surface area contributed by atoms with Crippen molar-refractivity contribution in [3.63, 3.8) is 0 Å². The van der Waals surface area contributed by atoms with E-state index in [-0.39, 0.29) is 17.8 Å². The standard InChI is InChI=1S/C12H8F3NO2S/c13-9-2-7(3-10(14)11(9)15)16-4-8-1-6(5-19-8)12(17)18/h1-3,5,16H,4H2,(H,17,18). The van der Waals surface area contributed by atoms with E-state index in [2.05, 4.69) is 5.32 Å². The van der Waals surface area contributed by atoms with Gasteiger partial charge in [-0.3, -0.25) is 0 Å². The van der Waals surface area contributed by atoms with Gasteiger partial charge in [-0.25, -0.2) is 18.0 Å². The van der Waals surface area contributed by atoms with Crippen LogP contribution in [-0.2, 0) is 6.54 Å². The molecule has 0 saturated heterocycles. The Morgan fingerprint density at radius 1 is 1.21 bits per heavy atom. The lowest BCUT2D eigenvalue weighted by atomic mass is 10.2. The predicted octanol–water partition coefficient (Wildman–Crippen LogP) is 3.48. The number of carbonyl (C=O) groups is 1. The first-order valence-corrected chi connectivity index (χ1v) is 6.04. The number of thiophene rings is 1. The minimum atomic E-state index is -1.52. The molecule has 0 aliphatic carbocycles. The summed E-state index contributed by atoms with van der Waals surface area (Å²) >= 11 is 1.20. The van der Waals surface area contributed by atoms with Gasteiger partial charge in [-0.2, -0.15) is 0 Å². The largest absolute Gasteiger partial charge is 0.478 e. The summed E-state index contributed by atoms with van der Waals surface area (Å²) in [6, 6.07) is 3.13. The topological polar surface area (TPSA) is 49.3 Å². The van der Waals surface area contributed by atoms with E-state index < -0.39 is 23.4 Å². The van der Waals surface area contributed by atoms with Crippen LogP contribution in [0.2, 0.25) is 0 Å². The lowest BCUT2D eigenvalue weighted by Crippen LogP contribution is -2.01. The Morgan fingerprint density at radius 3 is 2.37 bits per heavy atom. The number of anilines is 1. The molecule has 0 bridgehead atoms. The van der Waals surface area contributed by atoms with Gasteiger partial charge >= 0.3 is 5.97 Å². The summed E-state index contributed by atoms with van der Waals surface area (Å²) < 4.78 is 38.6. The summed E-state index contributed by atoms with van der Waals surface area (Å²) in [5.41, 5.74) is 0.236. The number of hydrogen-bond acceptors (Lipinski definition) is 3. The molecule has 1 aromatic heterocycles. The number of benzene rings is 1. The van der Waals surface area contributed by atoms with Gasteiger partial charge in [0, 0.05) is 34.6 Å². The quantitative estimate of drug-likeness (QED) is 0.846. The fourth-order valence-corrected chi connectivity index (χ4v) is 2.23. The zero-order valence-electron chi connectivity index (χ0n) is 9.41. The highest BCUT2D eigenvalue weighted by Gasteiger charge is 2.11. The minimum absolute atomic E-state index is 0.0849. The van der Waals surface area contributed by atoms with E-state index >= 15 is 0 Å². The Bertz CT molecular complexity index is 604. The molecular weight excluding hydrogens is 279 g/mol. The number of rotatable bonds is 4. The third-order valence-electron chi connectivity index (χ3n) is 2.35. The first-order valence-electron chi connectivity index (χ1n) is 5.16. The van der Waals surface area contributed by atoms with Gasteiger partial charge in [0.15, 0.2) is 17.5 Å². The van der Waals surface area contributed by atoms with E-state index in [1.54, 1.807) is 0 Å². The number of carboxylic acid groups (broad SMARTS) is 1. The summed E-state index contributed by atoms with van der Waals surface area (Å²) in [6.07, 6.45) is 0. The fourth-order valence-electron chi connectivity index (χ4n) is 1.43. The van der Waals surface area contributed by atoms with Gasteiger partial charge in [0.2, 0.25) is 0 Å². The summed E-state index contributed by atoms with van der Waals surface area (Å²) in [6.45, 7) is 0.197. The van der Waals surface area contributed by atoms with Crippen LogP contribution in [0.4, 0.5) is 18.9 Å². The van der Waals surface area contributed by atoms with Crippen LogP contribution in [0.3, 0.4) is 0 Å². The van der Waals surface area contributed by atoms with E-state index in [0.29, 0.717) is 4.88 Å². The fraction of sp³-hybridized carbons (Fsp3) is 0.0833. The molecule has 0 atom stereocenters. The van der Waals surface area contributed by atoms with Crippen molar-refractivity contribution < 1.29 is 23.1 Å². The van der Waals surface area contributed by atoms with E-state index in [4.69, 9.17) is 5.11 Å². The van der Waals surface area contributed by atoms with E-state index in [0.717, 1.165) is 12.1 Å². The molecule has 0 radical (unpaired) electrons. The number of carboxylic acids is 1. The van der Waals surface area contributed by atoms with Gasteiger partial charge in [-0.05, 0) is 6.07 Å². The number of hydrogen-bond donors (Lipinski definition) is 2. The van der Waals surface area contributed by atoms with E-state index in [1.165, 1.54) is 22.8 Å². The molecule has 0 spiro atoms. The van der Waals surface area contributed by atoms with Gasteiger partial charge in [0.05, 0.1) is 5.56 Å². The highest BCUT2D eigenvalue weighted by Crippen LogP contribution is 2.20. The minimum Gasteiger partial charge on any atom is -0.478 e. The Kier molecular flexibility index (Phi) is 3.75. The Morgan fingerprint density at radius 2 is 1.84 bits per heavy atom. The lowest BCUT2D eigenvalue weighted by molar-refractivity contribution is 0.0697. The third-order valence-corrected chi connectivity index (χ3v) is 3.29. The molecule has 0 aliphatic rings. The Labute approximate surface area is 110 Å². The van der Waals surface area contributed by atoms with Crippen molar-refractivity contribution in [3.8, 4) is 0 Å². The van der Waals surface area contributed by atoms with Crippen molar-refractivity contribution in [1.82, 2.24) is 0 Å². The Hall–Kier alpha value is -2.02. The summed E-state index contributed by atoms with van der Waals surface area (Å²) in [4.78, 5) is 11.3. The van der Waals surface area contributed by atoms with Crippen LogP contribution in [0, 0.1) is 17.5 Å². The molecule has 19 heavy (non-hydrogen) atoms. The molecule has 2 rings (SSSR count).